The van der Waals surface area contributed by atoms with Crippen molar-refractivity contribution in [3.63, 3.8) is 0 Å². The van der Waals surface area contributed by atoms with Crippen molar-refractivity contribution in [1.82, 2.24) is 9.97 Å². The molecule has 0 aliphatic rings. The Labute approximate surface area is 122 Å². The molecular weight excluding hydrogens is 252 g/mol. The number of nitrogens with zero attached hydrogens (tertiary/aromatic N) is 3. The predicted octanol–water partition coefficient (Wildman–Crippen LogP) is 2.51. The predicted molar refractivity (Wildman–Crippen MR) is 84.5 cm³/mol. The largest absolute Gasteiger partial charge is 0.395 e. The van der Waals surface area contributed by atoms with Crippen molar-refractivity contribution in [1.29, 1.82) is 0 Å². The monoisotopic (exact) mass is 280 g/mol. The van der Waals surface area contributed by atoms with E-state index in [0.29, 0.717) is 12.6 Å². The first-order valence-electron chi connectivity index (χ1n) is 7.55. The van der Waals surface area contributed by atoms with Crippen LogP contribution in [0, 0.1) is 13.8 Å². The first-order valence-corrected chi connectivity index (χ1v) is 7.55. The molecular formula is C15H28N4O. The lowest BCUT2D eigenvalue weighted by atomic mass is 10.1. The lowest BCUT2D eigenvalue weighted by molar-refractivity contribution is 0.295. The van der Waals surface area contributed by atoms with E-state index >= 15 is 0 Å². The van der Waals surface area contributed by atoms with Gasteiger partial charge in [-0.15, -0.1) is 0 Å². The number of aliphatic hydroxyl groups is 1. The number of aromatic nitrogens is 2. The van der Waals surface area contributed by atoms with Gasteiger partial charge in [-0.3, -0.25) is 0 Å². The van der Waals surface area contributed by atoms with Crippen LogP contribution in [-0.4, -0.2) is 40.8 Å². The fraction of sp³-hybridized carbons (Fsp3) is 0.733. The minimum atomic E-state index is 0.134. The third kappa shape index (κ3) is 3.82. The summed E-state index contributed by atoms with van der Waals surface area (Å²) in [6.45, 7) is 11.9. The number of aryl methyl sites for hydroxylation is 1. The first-order chi connectivity index (χ1) is 9.58. The molecule has 0 aromatic carbocycles. The molecule has 0 atom stereocenters. The smallest absolute Gasteiger partial charge is 0.137 e. The Morgan fingerprint density at radius 2 is 1.80 bits per heavy atom. The van der Waals surface area contributed by atoms with Crippen molar-refractivity contribution in [3.8, 4) is 0 Å². The number of nitrogens with one attached hydrogen (secondary N) is 1. The summed E-state index contributed by atoms with van der Waals surface area (Å²) in [5, 5.41) is 12.7. The van der Waals surface area contributed by atoms with E-state index in [1.54, 1.807) is 0 Å². The normalized spacial score (nSPS) is 10.9. The van der Waals surface area contributed by atoms with Crippen molar-refractivity contribution in [2.24, 2.45) is 0 Å². The Kier molecular flexibility index (Phi) is 6.71. The second-order valence-corrected chi connectivity index (χ2v) is 4.99. The van der Waals surface area contributed by atoms with E-state index in [2.05, 4.69) is 41.0 Å². The van der Waals surface area contributed by atoms with Gasteiger partial charge in [0.2, 0.25) is 0 Å². The summed E-state index contributed by atoms with van der Waals surface area (Å²) in [7, 11) is 0. The Hall–Kier alpha value is -1.36. The molecule has 5 nitrogen and oxygen atoms in total. The molecule has 5 heteroatoms. The van der Waals surface area contributed by atoms with E-state index in [-0.39, 0.29) is 6.61 Å². The zero-order valence-electron chi connectivity index (χ0n) is 13.4. The average Bonchev–Trinajstić information content (AvgIpc) is 2.43. The van der Waals surface area contributed by atoms with Gasteiger partial charge in [-0.2, -0.15) is 0 Å². The summed E-state index contributed by atoms with van der Waals surface area (Å²) >= 11 is 0. The van der Waals surface area contributed by atoms with E-state index in [1.807, 2.05) is 13.8 Å². The van der Waals surface area contributed by atoms with Crippen molar-refractivity contribution >= 4 is 11.6 Å². The fourth-order valence-corrected chi connectivity index (χ4v) is 2.53. The van der Waals surface area contributed by atoms with Crippen molar-refractivity contribution in [2.75, 3.05) is 29.9 Å². The van der Waals surface area contributed by atoms with Gasteiger partial charge in [-0.1, -0.05) is 13.8 Å². The SMILES string of the molecule is CCNc1nc(C)nc(N(CCO)C(CC)CC)c1C. The summed E-state index contributed by atoms with van der Waals surface area (Å²) in [6, 6.07) is 0.393. The zero-order chi connectivity index (χ0) is 15.1. The Bertz CT molecular complexity index is 419. The molecule has 0 aliphatic carbocycles. The van der Waals surface area contributed by atoms with E-state index in [9.17, 15) is 5.11 Å². The van der Waals surface area contributed by atoms with Crippen LogP contribution in [0.4, 0.5) is 11.6 Å². The highest BCUT2D eigenvalue weighted by Crippen LogP contribution is 2.26. The molecule has 0 radical (unpaired) electrons. The van der Waals surface area contributed by atoms with Crippen LogP contribution >= 0.6 is 0 Å². The molecule has 0 aliphatic heterocycles. The third-order valence-corrected chi connectivity index (χ3v) is 3.57. The summed E-state index contributed by atoms with van der Waals surface area (Å²) < 4.78 is 0. The summed E-state index contributed by atoms with van der Waals surface area (Å²) in [6.07, 6.45) is 2.07. The molecule has 0 amide bonds. The van der Waals surface area contributed by atoms with Gasteiger partial charge in [0.25, 0.3) is 0 Å². The Morgan fingerprint density at radius 3 is 2.30 bits per heavy atom. The highest BCUT2D eigenvalue weighted by Gasteiger charge is 2.20. The van der Waals surface area contributed by atoms with Crippen LogP contribution in [0.2, 0.25) is 0 Å². The summed E-state index contributed by atoms with van der Waals surface area (Å²) in [4.78, 5) is 11.3. The van der Waals surface area contributed by atoms with Gasteiger partial charge < -0.3 is 15.3 Å². The first kappa shape index (κ1) is 16.7. The van der Waals surface area contributed by atoms with Crippen LogP contribution in [0.3, 0.4) is 0 Å². The van der Waals surface area contributed by atoms with E-state index in [1.165, 1.54) is 0 Å². The van der Waals surface area contributed by atoms with Gasteiger partial charge in [-0.05, 0) is 33.6 Å². The molecule has 0 unspecified atom stereocenters. The lowest BCUT2D eigenvalue weighted by Gasteiger charge is -2.32. The Morgan fingerprint density at radius 1 is 1.15 bits per heavy atom. The van der Waals surface area contributed by atoms with Crippen LogP contribution in [0.5, 0.6) is 0 Å². The average molecular weight is 280 g/mol. The molecule has 20 heavy (non-hydrogen) atoms. The minimum Gasteiger partial charge on any atom is -0.395 e. The number of hydrogen-bond donors (Lipinski definition) is 2. The highest BCUT2D eigenvalue weighted by molar-refractivity contribution is 5.59. The van der Waals surface area contributed by atoms with Crippen molar-refractivity contribution in [2.45, 2.75) is 53.5 Å². The molecule has 1 rings (SSSR count). The van der Waals surface area contributed by atoms with Crippen LogP contribution in [0.1, 0.15) is 45.0 Å². The van der Waals surface area contributed by atoms with Gasteiger partial charge >= 0.3 is 0 Å². The highest BCUT2D eigenvalue weighted by atomic mass is 16.3. The van der Waals surface area contributed by atoms with E-state index in [4.69, 9.17) is 0 Å². The van der Waals surface area contributed by atoms with E-state index in [0.717, 1.165) is 42.4 Å². The standard InChI is InChI=1S/C15H28N4O/c1-6-13(7-2)19(9-10-20)15-11(4)14(16-8-3)17-12(5)18-15/h13,20H,6-10H2,1-5H3,(H,16,17,18). The van der Waals surface area contributed by atoms with Gasteiger partial charge in [0.1, 0.15) is 17.5 Å². The molecule has 0 saturated carbocycles. The van der Waals surface area contributed by atoms with Gasteiger partial charge in [0.05, 0.1) is 6.61 Å². The maximum atomic E-state index is 9.37. The quantitative estimate of drug-likeness (QED) is 0.766. The third-order valence-electron chi connectivity index (χ3n) is 3.57. The molecule has 114 valence electrons. The van der Waals surface area contributed by atoms with Gasteiger partial charge in [-0.25, -0.2) is 9.97 Å². The zero-order valence-corrected chi connectivity index (χ0v) is 13.4. The summed E-state index contributed by atoms with van der Waals surface area (Å²) in [5.74, 6) is 2.59. The molecule has 0 saturated heterocycles. The maximum absolute atomic E-state index is 9.37. The molecule has 0 spiro atoms. The Balaban J connectivity index is 3.24. The van der Waals surface area contributed by atoms with Crippen molar-refractivity contribution in [3.05, 3.63) is 11.4 Å². The number of aliphatic hydroxyl groups excluding tert-OH is 1. The van der Waals surface area contributed by atoms with Crippen LogP contribution in [0.25, 0.3) is 0 Å². The summed E-state index contributed by atoms with van der Waals surface area (Å²) in [5.41, 5.74) is 1.05. The molecule has 2 N–H and O–H groups in total. The second-order valence-electron chi connectivity index (χ2n) is 4.99. The molecule has 0 bridgehead atoms. The van der Waals surface area contributed by atoms with Gasteiger partial charge in [0, 0.05) is 24.7 Å². The van der Waals surface area contributed by atoms with Crippen LogP contribution in [-0.2, 0) is 0 Å². The number of rotatable bonds is 8. The maximum Gasteiger partial charge on any atom is 0.137 e. The molecule has 1 aromatic rings. The minimum absolute atomic E-state index is 0.134. The lowest BCUT2D eigenvalue weighted by Crippen LogP contribution is -2.38. The molecule has 1 aromatic heterocycles. The molecule has 0 fully saturated rings. The fourth-order valence-electron chi connectivity index (χ4n) is 2.53. The van der Waals surface area contributed by atoms with Crippen LogP contribution < -0.4 is 10.2 Å². The van der Waals surface area contributed by atoms with Crippen LogP contribution in [0.15, 0.2) is 0 Å². The second kappa shape index (κ2) is 8.04. The number of hydrogen-bond acceptors (Lipinski definition) is 5. The number of anilines is 2. The van der Waals surface area contributed by atoms with Gasteiger partial charge in [0.15, 0.2) is 0 Å². The van der Waals surface area contributed by atoms with Crippen molar-refractivity contribution < 1.29 is 5.11 Å². The molecule has 1 heterocycles. The van der Waals surface area contributed by atoms with E-state index < -0.39 is 0 Å². The topological polar surface area (TPSA) is 61.3 Å².